The molecule has 3 heteroatoms. The second-order valence-corrected chi connectivity index (χ2v) is 5.51. The molecule has 0 fully saturated rings. The third kappa shape index (κ3) is 4.65. The highest BCUT2D eigenvalue weighted by atomic mass is 16.2. The molecule has 0 radical (unpaired) electrons. The van der Waals surface area contributed by atoms with Gasteiger partial charge in [-0.2, -0.15) is 0 Å². The lowest BCUT2D eigenvalue weighted by atomic mass is 9.87. The summed E-state index contributed by atoms with van der Waals surface area (Å²) in [5.74, 6) is 0.198. The second kappa shape index (κ2) is 5.50. The number of hydrogen-bond acceptors (Lipinski definition) is 2. The molecule has 0 saturated carbocycles. The van der Waals surface area contributed by atoms with Gasteiger partial charge in [0.25, 0.3) is 0 Å². The normalized spacial score (nSPS) is 18.1. The molecule has 0 spiro atoms. The van der Waals surface area contributed by atoms with E-state index in [1.54, 1.807) is 0 Å². The fourth-order valence-corrected chi connectivity index (χ4v) is 1.04. The second-order valence-electron chi connectivity index (χ2n) is 5.51. The largest absolute Gasteiger partial charge is 0.352 e. The smallest absolute Gasteiger partial charge is 0.237 e. The number of carbonyl (C=O) groups is 1. The topological polar surface area (TPSA) is 55.1 Å². The monoisotopic (exact) mass is 214 g/mol. The van der Waals surface area contributed by atoms with Crippen LogP contribution in [0.3, 0.4) is 0 Å². The van der Waals surface area contributed by atoms with E-state index in [2.05, 4.69) is 26.1 Å². The molecule has 1 amide bonds. The summed E-state index contributed by atoms with van der Waals surface area (Å²) in [7, 11) is 0. The van der Waals surface area contributed by atoms with Crippen LogP contribution in [0.2, 0.25) is 0 Å². The van der Waals surface area contributed by atoms with Crippen LogP contribution in [0.5, 0.6) is 0 Å². The first-order valence-electron chi connectivity index (χ1n) is 5.76. The first-order chi connectivity index (χ1) is 6.70. The van der Waals surface area contributed by atoms with Crippen LogP contribution in [-0.4, -0.2) is 18.0 Å². The van der Waals surface area contributed by atoms with Gasteiger partial charge in [0.15, 0.2) is 0 Å². The number of rotatable bonds is 4. The zero-order valence-corrected chi connectivity index (χ0v) is 10.9. The molecule has 0 aromatic heterocycles. The van der Waals surface area contributed by atoms with Crippen LogP contribution < -0.4 is 11.1 Å². The minimum Gasteiger partial charge on any atom is -0.352 e. The van der Waals surface area contributed by atoms with Gasteiger partial charge in [0.2, 0.25) is 5.91 Å². The lowest BCUT2D eigenvalue weighted by molar-refractivity contribution is -0.124. The third-order valence-corrected chi connectivity index (χ3v) is 3.22. The minimum absolute atomic E-state index is 0.0354. The molecule has 0 aromatic rings. The Bertz CT molecular complexity index is 208. The summed E-state index contributed by atoms with van der Waals surface area (Å²) < 4.78 is 0. The molecule has 2 unspecified atom stereocenters. The van der Waals surface area contributed by atoms with E-state index in [1.165, 1.54) is 0 Å². The first kappa shape index (κ1) is 14.4. The van der Waals surface area contributed by atoms with Crippen LogP contribution in [0.25, 0.3) is 0 Å². The molecule has 0 heterocycles. The van der Waals surface area contributed by atoms with Crippen molar-refractivity contribution in [3.63, 3.8) is 0 Å². The van der Waals surface area contributed by atoms with Gasteiger partial charge in [0.1, 0.15) is 0 Å². The SMILES string of the molecule is CCC(C)[C@H](N)C(=O)NC(C)C(C)(C)C. The van der Waals surface area contributed by atoms with Crippen LogP contribution in [0.1, 0.15) is 48.0 Å². The molecule has 3 nitrogen and oxygen atoms in total. The van der Waals surface area contributed by atoms with Crippen LogP contribution >= 0.6 is 0 Å². The van der Waals surface area contributed by atoms with Gasteiger partial charge in [-0.3, -0.25) is 4.79 Å². The van der Waals surface area contributed by atoms with Crippen LogP contribution in [0.4, 0.5) is 0 Å². The van der Waals surface area contributed by atoms with Crippen LogP contribution in [0.15, 0.2) is 0 Å². The van der Waals surface area contributed by atoms with Crippen molar-refractivity contribution < 1.29 is 4.79 Å². The summed E-state index contributed by atoms with van der Waals surface area (Å²) in [5, 5.41) is 2.97. The number of amides is 1. The van der Waals surface area contributed by atoms with Crippen molar-refractivity contribution in [2.24, 2.45) is 17.1 Å². The van der Waals surface area contributed by atoms with Crippen molar-refractivity contribution >= 4 is 5.91 Å². The lowest BCUT2D eigenvalue weighted by Gasteiger charge is -2.30. The summed E-state index contributed by atoms with van der Waals surface area (Å²) in [6.07, 6.45) is 0.929. The van der Waals surface area contributed by atoms with Gasteiger partial charge in [-0.25, -0.2) is 0 Å². The molecule has 0 saturated heterocycles. The van der Waals surface area contributed by atoms with Crippen LogP contribution in [-0.2, 0) is 4.79 Å². The van der Waals surface area contributed by atoms with E-state index in [0.717, 1.165) is 6.42 Å². The zero-order valence-electron chi connectivity index (χ0n) is 10.9. The van der Waals surface area contributed by atoms with E-state index in [0.29, 0.717) is 0 Å². The highest BCUT2D eigenvalue weighted by molar-refractivity contribution is 5.82. The van der Waals surface area contributed by atoms with Crippen molar-refractivity contribution in [2.75, 3.05) is 0 Å². The minimum atomic E-state index is -0.389. The van der Waals surface area contributed by atoms with Crippen molar-refractivity contribution in [2.45, 2.75) is 60.0 Å². The first-order valence-corrected chi connectivity index (χ1v) is 5.76. The van der Waals surface area contributed by atoms with Crippen molar-refractivity contribution in [1.82, 2.24) is 5.32 Å². The summed E-state index contributed by atoms with van der Waals surface area (Å²) in [6.45, 7) is 12.4. The Balaban J connectivity index is 4.25. The molecule has 90 valence electrons. The number of nitrogens with one attached hydrogen (secondary N) is 1. The van der Waals surface area contributed by atoms with E-state index < -0.39 is 0 Å². The van der Waals surface area contributed by atoms with E-state index in [9.17, 15) is 4.79 Å². The average molecular weight is 214 g/mol. The molecule has 3 atom stereocenters. The van der Waals surface area contributed by atoms with Gasteiger partial charge in [-0.1, -0.05) is 41.0 Å². The summed E-state index contributed by atoms with van der Waals surface area (Å²) in [6, 6.07) is -0.250. The molecule has 0 aromatic carbocycles. The standard InChI is InChI=1S/C12H26N2O/c1-7-8(2)10(13)11(15)14-9(3)12(4,5)6/h8-10H,7,13H2,1-6H3,(H,14,15)/t8?,9?,10-/m0/s1. The van der Waals surface area contributed by atoms with Crippen molar-refractivity contribution in [3.05, 3.63) is 0 Å². The summed E-state index contributed by atoms with van der Waals surface area (Å²) >= 11 is 0. The van der Waals surface area contributed by atoms with Crippen molar-refractivity contribution in [1.29, 1.82) is 0 Å². The van der Waals surface area contributed by atoms with Crippen molar-refractivity contribution in [3.8, 4) is 0 Å². The maximum Gasteiger partial charge on any atom is 0.237 e. The Morgan fingerprint density at radius 1 is 1.33 bits per heavy atom. The molecule has 3 N–H and O–H groups in total. The van der Waals surface area contributed by atoms with Gasteiger partial charge in [-0.15, -0.1) is 0 Å². The predicted molar refractivity (Wildman–Crippen MR) is 64.5 cm³/mol. The molecule has 15 heavy (non-hydrogen) atoms. The van der Waals surface area contributed by atoms with E-state index in [4.69, 9.17) is 5.73 Å². The fourth-order valence-electron chi connectivity index (χ4n) is 1.04. The van der Waals surface area contributed by atoms with Gasteiger partial charge < -0.3 is 11.1 Å². The average Bonchev–Trinajstić information content (AvgIpc) is 2.13. The Labute approximate surface area is 93.8 Å². The Morgan fingerprint density at radius 2 is 1.80 bits per heavy atom. The van der Waals surface area contributed by atoms with Crippen LogP contribution in [0, 0.1) is 11.3 Å². The molecule has 0 bridgehead atoms. The Kier molecular flexibility index (Phi) is 5.29. The van der Waals surface area contributed by atoms with E-state index in [-0.39, 0.29) is 29.3 Å². The zero-order chi connectivity index (χ0) is 12.2. The predicted octanol–water partition coefficient (Wildman–Crippen LogP) is 1.91. The van der Waals surface area contributed by atoms with E-state index >= 15 is 0 Å². The summed E-state index contributed by atoms with van der Waals surface area (Å²) in [4.78, 5) is 11.8. The molecule has 0 rings (SSSR count). The highest BCUT2D eigenvalue weighted by Gasteiger charge is 2.25. The molecular weight excluding hydrogens is 188 g/mol. The number of carbonyl (C=O) groups excluding carboxylic acids is 1. The highest BCUT2D eigenvalue weighted by Crippen LogP contribution is 2.18. The fraction of sp³-hybridized carbons (Fsp3) is 0.917. The number of nitrogens with two attached hydrogens (primary N) is 1. The van der Waals surface area contributed by atoms with Gasteiger partial charge in [0, 0.05) is 6.04 Å². The van der Waals surface area contributed by atoms with Gasteiger partial charge in [0.05, 0.1) is 6.04 Å². The molecule has 0 aliphatic carbocycles. The lowest BCUT2D eigenvalue weighted by Crippen LogP contribution is -2.50. The Morgan fingerprint density at radius 3 is 2.13 bits per heavy atom. The van der Waals surface area contributed by atoms with E-state index in [1.807, 2.05) is 20.8 Å². The third-order valence-electron chi connectivity index (χ3n) is 3.22. The number of hydrogen-bond donors (Lipinski definition) is 2. The Hall–Kier alpha value is -0.570. The molecular formula is C12H26N2O. The quantitative estimate of drug-likeness (QED) is 0.751. The van der Waals surface area contributed by atoms with Gasteiger partial charge >= 0.3 is 0 Å². The maximum absolute atomic E-state index is 11.8. The maximum atomic E-state index is 11.8. The molecule has 0 aliphatic heterocycles. The van der Waals surface area contributed by atoms with Gasteiger partial charge in [-0.05, 0) is 18.3 Å². The summed E-state index contributed by atoms with van der Waals surface area (Å²) in [5.41, 5.74) is 5.93. The molecule has 0 aliphatic rings.